The number of pyridine rings is 1. The molecular formula is C15H14ClN3O2. The lowest BCUT2D eigenvalue weighted by molar-refractivity contribution is -0.119. The fraction of sp³-hybridized carbons (Fsp3) is 0.267. The van der Waals surface area contributed by atoms with Crippen LogP contribution in [0.1, 0.15) is 23.3 Å². The third kappa shape index (κ3) is 2.97. The summed E-state index contributed by atoms with van der Waals surface area (Å²) in [6.45, 7) is 0.400. The van der Waals surface area contributed by atoms with Crippen LogP contribution in [0.3, 0.4) is 0 Å². The van der Waals surface area contributed by atoms with Crippen LogP contribution >= 0.6 is 11.6 Å². The number of hydrogen-bond acceptors (Lipinski definition) is 3. The zero-order chi connectivity index (χ0) is 14.8. The molecule has 0 saturated carbocycles. The summed E-state index contributed by atoms with van der Waals surface area (Å²) in [6.07, 6.45) is 1.26. The van der Waals surface area contributed by atoms with Gasteiger partial charge in [0.15, 0.2) is 0 Å². The number of benzene rings is 1. The third-order valence-electron chi connectivity index (χ3n) is 3.52. The zero-order valence-corrected chi connectivity index (χ0v) is 12.0. The second kappa shape index (κ2) is 5.69. The van der Waals surface area contributed by atoms with Gasteiger partial charge in [-0.05, 0) is 17.9 Å². The molecule has 1 saturated heterocycles. The maximum atomic E-state index is 12.1. The SMILES string of the molecule is O=C1CCC(CNC(=O)c2cc3ccccc3c(Cl)n2)N1. The van der Waals surface area contributed by atoms with Crippen LogP contribution in [0.15, 0.2) is 30.3 Å². The minimum Gasteiger partial charge on any atom is -0.352 e. The minimum absolute atomic E-state index is 0.00243. The van der Waals surface area contributed by atoms with E-state index in [2.05, 4.69) is 15.6 Å². The number of nitrogens with zero attached hydrogens (tertiary/aromatic N) is 1. The molecule has 2 heterocycles. The summed E-state index contributed by atoms with van der Waals surface area (Å²) in [5.74, 6) is -0.259. The highest BCUT2D eigenvalue weighted by Crippen LogP contribution is 2.22. The molecule has 21 heavy (non-hydrogen) atoms. The predicted octanol–water partition coefficient (Wildman–Crippen LogP) is 1.90. The van der Waals surface area contributed by atoms with Crippen molar-refractivity contribution < 1.29 is 9.59 Å². The van der Waals surface area contributed by atoms with Crippen LogP contribution in [0.5, 0.6) is 0 Å². The van der Waals surface area contributed by atoms with Crippen molar-refractivity contribution in [2.45, 2.75) is 18.9 Å². The van der Waals surface area contributed by atoms with E-state index in [1.54, 1.807) is 6.07 Å². The molecule has 1 aliphatic rings. The number of aromatic nitrogens is 1. The standard InChI is InChI=1S/C15H14ClN3O2/c16-14-11-4-2-1-3-9(11)7-12(19-14)15(21)17-8-10-5-6-13(20)18-10/h1-4,7,10H,5-6,8H2,(H,17,21)(H,18,20). The van der Waals surface area contributed by atoms with Crippen LogP contribution in [0.4, 0.5) is 0 Å². The Balaban J connectivity index is 1.74. The number of carbonyl (C=O) groups is 2. The molecule has 1 fully saturated rings. The van der Waals surface area contributed by atoms with Crippen LogP contribution in [-0.4, -0.2) is 29.4 Å². The average Bonchev–Trinajstić information content (AvgIpc) is 2.90. The monoisotopic (exact) mass is 303 g/mol. The third-order valence-corrected chi connectivity index (χ3v) is 3.81. The molecule has 3 rings (SSSR count). The molecule has 108 valence electrons. The first-order chi connectivity index (χ1) is 10.1. The molecule has 1 aromatic heterocycles. The molecule has 2 N–H and O–H groups in total. The van der Waals surface area contributed by atoms with Gasteiger partial charge < -0.3 is 10.6 Å². The lowest BCUT2D eigenvalue weighted by Gasteiger charge is -2.11. The maximum Gasteiger partial charge on any atom is 0.270 e. The summed E-state index contributed by atoms with van der Waals surface area (Å²) in [5, 5.41) is 7.58. The van der Waals surface area contributed by atoms with Crippen molar-refractivity contribution in [2.24, 2.45) is 0 Å². The smallest absolute Gasteiger partial charge is 0.270 e. The van der Waals surface area contributed by atoms with Gasteiger partial charge in [0.05, 0.1) is 0 Å². The number of hydrogen-bond donors (Lipinski definition) is 2. The largest absolute Gasteiger partial charge is 0.352 e. The Hall–Kier alpha value is -2.14. The van der Waals surface area contributed by atoms with Gasteiger partial charge in [-0.25, -0.2) is 4.98 Å². The summed E-state index contributed by atoms with van der Waals surface area (Å²) < 4.78 is 0. The van der Waals surface area contributed by atoms with E-state index in [-0.39, 0.29) is 23.6 Å². The molecule has 0 aliphatic carbocycles. The van der Waals surface area contributed by atoms with Crippen molar-refractivity contribution in [2.75, 3.05) is 6.54 Å². The van der Waals surface area contributed by atoms with Crippen LogP contribution in [0, 0.1) is 0 Å². The zero-order valence-electron chi connectivity index (χ0n) is 11.2. The van der Waals surface area contributed by atoms with E-state index in [1.807, 2.05) is 24.3 Å². The quantitative estimate of drug-likeness (QED) is 0.851. The van der Waals surface area contributed by atoms with Gasteiger partial charge in [-0.15, -0.1) is 0 Å². The van der Waals surface area contributed by atoms with Crippen molar-refractivity contribution in [3.63, 3.8) is 0 Å². The van der Waals surface area contributed by atoms with E-state index in [1.165, 1.54) is 0 Å². The van der Waals surface area contributed by atoms with Crippen LogP contribution < -0.4 is 10.6 Å². The molecule has 1 atom stereocenters. The van der Waals surface area contributed by atoms with E-state index < -0.39 is 0 Å². The predicted molar refractivity (Wildman–Crippen MR) is 80.3 cm³/mol. The Morgan fingerprint density at radius 3 is 3.00 bits per heavy atom. The van der Waals surface area contributed by atoms with Gasteiger partial charge >= 0.3 is 0 Å². The second-order valence-corrected chi connectivity index (χ2v) is 5.39. The molecule has 1 aromatic carbocycles. The molecule has 5 nitrogen and oxygen atoms in total. The number of carbonyl (C=O) groups excluding carboxylic acids is 2. The molecule has 6 heteroatoms. The van der Waals surface area contributed by atoms with Gasteiger partial charge in [0.2, 0.25) is 5.91 Å². The number of fused-ring (bicyclic) bond motifs is 1. The highest BCUT2D eigenvalue weighted by atomic mass is 35.5. The topological polar surface area (TPSA) is 71.1 Å². The van der Waals surface area contributed by atoms with Crippen LogP contribution in [-0.2, 0) is 4.79 Å². The lowest BCUT2D eigenvalue weighted by Crippen LogP contribution is -2.38. The van der Waals surface area contributed by atoms with E-state index in [0.29, 0.717) is 18.1 Å². The van der Waals surface area contributed by atoms with Gasteiger partial charge in [0.1, 0.15) is 10.8 Å². The van der Waals surface area contributed by atoms with Crippen molar-refractivity contribution in [1.82, 2.24) is 15.6 Å². The van der Waals surface area contributed by atoms with Gasteiger partial charge in [0.25, 0.3) is 5.91 Å². The number of amides is 2. The van der Waals surface area contributed by atoms with Crippen LogP contribution in [0.2, 0.25) is 5.15 Å². The van der Waals surface area contributed by atoms with Crippen molar-refractivity contribution in [3.05, 3.63) is 41.2 Å². The van der Waals surface area contributed by atoms with Crippen molar-refractivity contribution in [1.29, 1.82) is 0 Å². The first kappa shape index (κ1) is 13.8. The fourth-order valence-electron chi connectivity index (χ4n) is 2.41. The Bertz CT molecular complexity index is 717. The average molecular weight is 304 g/mol. The molecule has 0 radical (unpaired) electrons. The van der Waals surface area contributed by atoms with E-state index in [0.717, 1.165) is 17.2 Å². The normalized spacial score (nSPS) is 17.8. The molecule has 2 aromatic rings. The molecule has 0 spiro atoms. The Morgan fingerprint density at radius 2 is 2.24 bits per heavy atom. The molecule has 1 aliphatic heterocycles. The molecule has 2 amide bonds. The number of nitrogens with one attached hydrogen (secondary N) is 2. The number of rotatable bonds is 3. The molecule has 1 unspecified atom stereocenters. The summed E-state index contributed by atoms with van der Waals surface area (Å²) >= 11 is 6.10. The highest BCUT2D eigenvalue weighted by Gasteiger charge is 2.21. The van der Waals surface area contributed by atoms with E-state index in [4.69, 9.17) is 11.6 Å². The van der Waals surface area contributed by atoms with Gasteiger partial charge in [-0.3, -0.25) is 9.59 Å². The summed E-state index contributed by atoms with van der Waals surface area (Å²) in [5.41, 5.74) is 0.281. The van der Waals surface area contributed by atoms with Crippen molar-refractivity contribution >= 4 is 34.2 Å². The van der Waals surface area contributed by atoms with Crippen molar-refractivity contribution in [3.8, 4) is 0 Å². The Labute approximate surface area is 126 Å². The minimum atomic E-state index is -0.288. The Morgan fingerprint density at radius 1 is 1.43 bits per heavy atom. The first-order valence-corrected chi connectivity index (χ1v) is 7.14. The first-order valence-electron chi connectivity index (χ1n) is 6.76. The lowest BCUT2D eigenvalue weighted by atomic mass is 10.1. The molecule has 0 bridgehead atoms. The molecular weight excluding hydrogens is 290 g/mol. The van der Waals surface area contributed by atoms with Gasteiger partial charge in [-0.2, -0.15) is 0 Å². The maximum absolute atomic E-state index is 12.1. The Kier molecular flexibility index (Phi) is 3.75. The highest BCUT2D eigenvalue weighted by molar-refractivity contribution is 6.34. The summed E-state index contributed by atoms with van der Waals surface area (Å²) in [7, 11) is 0. The second-order valence-electron chi connectivity index (χ2n) is 5.03. The van der Waals surface area contributed by atoms with Gasteiger partial charge in [0, 0.05) is 24.4 Å². The summed E-state index contributed by atoms with van der Waals surface area (Å²) in [4.78, 5) is 27.4. The number of halogens is 1. The van der Waals surface area contributed by atoms with E-state index in [9.17, 15) is 9.59 Å². The summed E-state index contributed by atoms with van der Waals surface area (Å²) in [6, 6.07) is 9.21. The fourth-order valence-corrected chi connectivity index (χ4v) is 2.67. The van der Waals surface area contributed by atoms with Crippen LogP contribution in [0.25, 0.3) is 10.8 Å². The van der Waals surface area contributed by atoms with Gasteiger partial charge in [-0.1, -0.05) is 35.9 Å². The van der Waals surface area contributed by atoms with E-state index >= 15 is 0 Å².